The van der Waals surface area contributed by atoms with Crippen LogP contribution in [0.25, 0.3) is 10.1 Å². The molecular formula is C23H26O10S. The molecule has 2 aliphatic rings. The topological polar surface area (TPSA) is 166 Å². The van der Waals surface area contributed by atoms with Crippen molar-refractivity contribution in [3.05, 3.63) is 52.4 Å². The van der Waals surface area contributed by atoms with Gasteiger partial charge in [0, 0.05) is 16.2 Å². The van der Waals surface area contributed by atoms with Crippen LogP contribution in [0.3, 0.4) is 0 Å². The van der Waals surface area contributed by atoms with Crippen molar-refractivity contribution in [3.63, 3.8) is 0 Å². The quantitative estimate of drug-likeness (QED) is 0.222. The Bertz CT molecular complexity index is 1090. The monoisotopic (exact) mass is 494 g/mol. The summed E-state index contributed by atoms with van der Waals surface area (Å²) in [6.45, 7) is -0.823. The van der Waals surface area contributed by atoms with Crippen LogP contribution in [0.2, 0.25) is 0 Å². The smallest absolute Gasteiger partial charge is 0.341 e. The predicted molar refractivity (Wildman–Crippen MR) is 120 cm³/mol. The Balaban J connectivity index is 1.75. The normalized spacial score (nSPS) is 29.3. The minimum Gasteiger partial charge on any atom is -0.461 e. The summed E-state index contributed by atoms with van der Waals surface area (Å²) in [4.78, 5) is 13.4. The van der Waals surface area contributed by atoms with Crippen LogP contribution in [-0.2, 0) is 16.1 Å². The van der Waals surface area contributed by atoms with E-state index in [1.54, 1.807) is 36.4 Å². The van der Waals surface area contributed by atoms with Crippen LogP contribution in [0, 0.1) is 0 Å². The van der Waals surface area contributed by atoms with Gasteiger partial charge in [-0.2, -0.15) is 0 Å². The van der Waals surface area contributed by atoms with E-state index in [0.717, 1.165) is 0 Å². The summed E-state index contributed by atoms with van der Waals surface area (Å²) in [5, 5.41) is 59.1. The minimum atomic E-state index is -1.63. The number of hydrogen-bond donors (Lipinski definition) is 6. The minimum absolute atomic E-state index is 0.00617. The van der Waals surface area contributed by atoms with Crippen molar-refractivity contribution in [2.45, 2.75) is 49.8 Å². The van der Waals surface area contributed by atoms with Crippen molar-refractivity contribution >= 4 is 27.4 Å². The molecule has 2 aromatic rings. The molecule has 0 bridgehead atoms. The highest BCUT2D eigenvalue weighted by molar-refractivity contribution is 7.19. The third-order valence-electron chi connectivity index (χ3n) is 5.66. The highest BCUT2D eigenvalue weighted by Crippen LogP contribution is 2.46. The van der Waals surface area contributed by atoms with E-state index < -0.39 is 49.4 Å². The van der Waals surface area contributed by atoms with Gasteiger partial charge in [0.15, 0.2) is 6.10 Å². The van der Waals surface area contributed by atoms with Gasteiger partial charge in [-0.3, -0.25) is 0 Å². The molecule has 0 aliphatic carbocycles. The van der Waals surface area contributed by atoms with Gasteiger partial charge < -0.3 is 44.8 Å². The van der Waals surface area contributed by atoms with Crippen molar-refractivity contribution in [1.82, 2.24) is 0 Å². The number of rotatable bonds is 8. The number of aliphatic hydroxyl groups excluding tert-OH is 6. The highest BCUT2D eigenvalue weighted by Gasteiger charge is 2.46. The molecule has 6 N–H and O–H groups in total. The van der Waals surface area contributed by atoms with Crippen LogP contribution in [-0.4, -0.2) is 80.5 Å². The number of fused-ring (bicyclic) bond motifs is 3. The molecule has 4 rings (SSSR count). The molecule has 0 spiro atoms. The number of thiophene rings is 1. The van der Waals surface area contributed by atoms with Gasteiger partial charge in [0.1, 0.15) is 30.2 Å². The fraction of sp³-hybridized carbons (Fsp3) is 0.435. The summed E-state index contributed by atoms with van der Waals surface area (Å²) >= 11 is 1.24. The molecule has 10 nitrogen and oxygen atoms in total. The molecular weight excluding hydrogens is 468 g/mol. The molecule has 184 valence electrons. The van der Waals surface area contributed by atoms with Crippen molar-refractivity contribution < 1.29 is 49.6 Å². The van der Waals surface area contributed by atoms with E-state index in [1.807, 2.05) is 0 Å². The number of cyclic esters (lactones) is 1. The fourth-order valence-corrected chi connectivity index (χ4v) is 5.00. The third kappa shape index (κ3) is 4.61. The number of ether oxygens (including phenoxy) is 3. The van der Waals surface area contributed by atoms with Gasteiger partial charge in [0.05, 0.1) is 24.3 Å². The second-order valence-electron chi connectivity index (χ2n) is 7.92. The molecule has 3 heterocycles. The Hall–Kier alpha value is -2.35. The Morgan fingerprint density at radius 2 is 1.85 bits per heavy atom. The lowest BCUT2D eigenvalue weighted by Crippen LogP contribution is -2.60. The zero-order valence-electron chi connectivity index (χ0n) is 18.0. The summed E-state index contributed by atoms with van der Waals surface area (Å²) in [5.41, 5.74) is 0.642. The van der Waals surface area contributed by atoms with Crippen LogP contribution in [0.1, 0.15) is 33.3 Å². The van der Waals surface area contributed by atoms with Crippen molar-refractivity contribution in [1.29, 1.82) is 0 Å². The average molecular weight is 495 g/mol. The van der Waals surface area contributed by atoms with E-state index >= 15 is 0 Å². The summed E-state index contributed by atoms with van der Waals surface area (Å²) < 4.78 is 17.5. The molecule has 0 amide bonds. The number of aliphatic hydroxyl groups is 6. The largest absolute Gasteiger partial charge is 0.461 e. The Labute approximate surface area is 198 Å². The third-order valence-corrected chi connectivity index (χ3v) is 6.81. The lowest BCUT2D eigenvalue weighted by molar-refractivity contribution is -0.277. The lowest BCUT2D eigenvalue weighted by Gasteiger charge is -2.39. The summed E-state index contributed by atoms with van der Waals surface area (Å²) in [7, 11) is 0. The molecule has 0 saturated carbocycles. The van der Waals surface area contributed by atoms with E-state index in [0.29, 0.717) is 26.9 Å². The molecule has 6 atom stereocenters. The molecule has 34 heavy (non-hydrogen) atoms. The predicted octanol–water partition coefficient (Wildman–Crippen LogP) is 0.279. The zero-order chi connectivity index (χ0) is 24.4. The maximum Gasteiger partial charge on any atom is 0.341 e. The number of esters is 1. The molecule has 3 unspecified atom stereocenters. The van der Waals surface area contributed by atoms with Crippen LogP contribution in [0.5, 0.6) is 5.75 Å². The van der Waals surface area contributed by atoms with Gasteiger partial charge in [-0.1, -0.05) is 18.2 Å². The molecule has 1 aromatic heterocycles. The Kier molecular flexibility index (Phi) is 7.65. The van der Waals surface area contributed by atoms with E-state index in [-0.39, 0.29) is 24.5 Å². The Morgan fingerprint density at radius 1 is 1.06 bits per heavy atom. The van der Waals surface area contributed by atoms with Gasteiger partial charge in [-0.15, -0.1) is 11.3 Å². The van der Waals surface area contributed by atoms with Crippen LogP contribution < -0.4 is 4.74 Å². The first-order valence-electron chi connectivity index (χ1n) is 10.7. The molecule has 2 aliphatic heterocycles. The molecule has 1 aromatic carbocycles. The first-order chi connectivity index (χ1) is 16.4. The van der Waals surface area contributed by atoms with Gasteiger partial charge in [0.25, 0.3) is 0 Å². The number of benzene rings is 1. The van der Waals surface area contributed by atoms with Crippen LogP contribution in [0.4, 0.5) is 0 Å². The van der Waals surface area contributed by atoms with Crippen LogP contribution >= 0.6 is 11.3 Å². The second-order valence-corrected chi connectivity index (χ2v) is 9.06. The second kappa shape index (κ2) is 10.5. The standard InChI is InChI=1S/C23H26O10S/c24-6-4-2-1-3-5-13-16-14(32-23-20(29)19(28)18(27)15(10-26)33-23)8-11-7-12(9-25)34-21(11)17(16)22(30)31-13/h1-3,5,7-8,13,15,18-20,23-29H,4,6,9-10H2/b2-1+,5-3+/t13-,15?,18-,19?,20?,23-/m1/s1. The molecule has 0 radical (unpaired) electrons. The average Bonchev–Trinajstić information content (AvgIpc) is 3.39. The molecule has 1 fully saturated rings. The molecule has 1 saturated heterocycles. The maximum atomic E-state index is 12.8. The summed E-state index contributed by atoms with van der Waals surface area (Å²) in [6.07, 6.45) is -1.02. The van der Waals surface area contributed by atoms with Gasteiger partial charge in [-0.05, 0) is 30.0 Å². The Morgan fingerprint density at radius 3 is 2.56 bits per heavy atom. The van der Waals surface area contributed by atoms with Gasteiger partial charge >= 0.3 is 5.97 Å². The van der Waals surface area contributed by atoms with Crippen molar-refractivity contribution in [2.75, 3.05) is 13.2 Å². The van der Waals surface area contributed by atoms with Crippen LogP contribution in [0.15, 0.2) is 36.4 Å². The number of carbonyl (C=O) groups excluding carboxylic acids is 1. The molecule has 11 heteroatoms. The van der Waals surface area contributed by atoms with E-state index in [4.69, 9.17) is 19.3 Å². The first-order valence-corrected chi connectivity index (χ1v) is 11.5. The van der Waals surface area contributed by atoms with E-state index in [1.165, 1.54) is 11.3 Å². The van der Waals surface area contributed by atoms with E-state index in [9.17, 15) is 30.3 Å². The van der Waals surface area contributed by atoms with E-state index in [2.05, 4.69) is 0 Å². The maximum absolute atomic E-state index is 12.8. The van der Waals surface area contributed by atoms with Gasteiger partial charge in [0.2, 0.25) is 6.29 Å². The fourth-order valence-electron chi connectivity index (χ4n) is 3.96. The summed E-state index contributed by atoms with van der Waals surface area (Å²) in [6, 6.07) is 3.32. The number of carbonyl (C=O) groups is 1. The summed E-state index contributed by atoms with van der Waals surface area (Å²) in [5.74, 6) is -0.437. The number of allylic oxidation sites excluding steroid dienone is 2. The van der Waals surface area contributed by atoms with Crippen molar-refractivity contribution in [3.8, 4) is 5.75 Å². The highest BCUT2D eigenvalue weighted by atomic mass is 32.1. The van der Waals surface area contributed by atoms with Gasteiger partial charge in [-0.25, -0.2) is 4.79 Å². The first kappa shape index (κ1) is 24.8. The lowest BCUT2D eigenvalue weighted by atomic mass is 9.98. The zero-order valence-corrected chi connectivity index (χ0v) is 18.8. The SMILES string of the molecule is O=C1O[C@H](/C=C/C=C/CCO)c2c(O[C@@H]3OC(CO)[C@@H](O)C(O)C3O)cc3cc(CO)sc3c21. The van der Waals surface area contributed by atoms with Crippen molar-refractivity contribution in [2.24, 2.45) is 0 Å². The number of hydrogen-bond acceptors (Lipinski definition) is 11.